The number of rotatable bonds is 3. The summed E-state index contributed by atoms with van der Waals surface area (Å²) in [6.45, 7) is 0. The smallest absolute Gasteiger partial charge is 0.274 e. The van der Waals surface area contributed by atoms with E-state index in [0.717, 1.165) is 25.7 Å². The highest BCUT2D eigenvalue weighted by atomic mass is 35.5. The molecule has 0 amide bonds. The molecule has 0 heterocycles. The SMILES string of the molecule is O=C(Cl)C(F)(F)CC1CCCC1. The fraction of sp³-hybridized carbons (Fsp3) is 0.875. The second-order valence-corrected chi connectivity index (χ2v) is 3.68. The van der Waals surface area contributed by atoms with E-state index in [-0.39, 0.29) is 12.3 Å². The summed E-state index contributed by atoms with van der Waals surface area (Å²) in [5, 5.41) is -1.52. The van der Waals surface area contributed by atoms with E-state index in [1.54, 1.807) is 0 Å². The van der Waals surface area contributed by atoms with Gasteiger partial charge in [0.15, 0.2) is 0 Å². The van der Waals surface area contributed by atoms with E-state index in [1.807, 2.05) is 0 Å². The molecule has 0 N–H and O–H groups in total. The molecule has 0 spiro atoms. The highest BCUT2D eigenvalue weighted by molar-refractivity contribution is 6.65. The number of alkyl halides is 2. The van der Waals surface area contributed by atoms with Crippen LogP contribution in [0.15, 0.2) is 0 Å². The first-order valence-corrected chi connectivity index (χ1v) is 4.48. The van der Waals surface area contributed by atoms with Crippen LogP contribution in [0, 0.1) is 5.92 Å². The number of hydrogen-bond acceptors (Lipinski definition) is 1. The molecule has 1 fully saturated rings. The first kappa shape index (κ1) is 9.90. The molecule has 0 saturated heterocycles. The van der Waals surface area contributed by atoms with Crippen LogP contribution < -0.4 is 0 Å². The quantitative estimate of drug-likeness (QED) is 0.635. The average molecular weight is 197 g/mol. The van der Waals surface area contributed by atoms with Crippen LogP contribution in [0.3, 0.4) is 0 Å². The zero-order chi connectivity index (χ0) is 9.19. The number of carbonyl (C=O) groups is 1. The normalized spacial score (nSPS) is 19.9. The summed E-state index contributed by atoms with van der Waals surface area (Å²) < 4.78 is 25.4. The Bertz CT molecular complexity index is 176. The molecule has 70 valence electrons. The number of halogens is 3. The van der Waals surface area contributed by atoms with Crippen molar-refractivity contribution in [2.75, 3.05) is 0 Å². The van der Waals surface area contributed by atoms with Gasteiger partial charge in [0.25, 0.3) is 5.24 Å². The van der Waals surface area contributed by atoms with Crippen LogP contribution in [-0.2, 0) is 4.79 Å². The molecule has 0 bridgehead atoms. The fourth-order valence-electron chi connectivity index (χ4n) is 1.66. The minimum atomic E-state index is -3.31. The van der Waals surface area contributed by atoms with E-state index >= 15 is 0 Å². The third-order valence-corrected chi connectivity index (χ3v) is 2.58. The Morgan fingerprint density at radius 2 is 1.92 bits per heavy atom. The molecule has 1 rings (SSSR count). The Morgan fingerprint density at radius 3 is 2.33 bits per heavy atom. The van der Waals surface area contributed by atoms with Crippen LogP contribution in [-0.4, -0.2) is 11.2 Å². The van der Waals surface area contributed by atoms with Crippen LogP contribution in [0.1, 0.15) is 32.1 Å². The van der Waals surface area contributed by atoms with Crippen LogP contribution >= 0.6 is 11.6 Å². The Morgan fingerprint density at radius 1 is 1.42 bits per heavy atom. The zero-order valence-electron chi connectivity index (χ0n) is 6.66. The Balaban J connectivity index is 2.42. The first-order chi connectivity index (χ1) is 5.52. The average Bonchev–Trinajstić information content (AvgIpc) is 2.38. The van der Waals surface area contributed by atoms with E-state index in [4.69, 9.17) is 11.6 Å². The van der Waals surface area contributed by atoms with Crippen LogP contribution in [0.4, 0.5) is 8.78 Å². The summed E-state index contributed by atoms with van der Waals surface area (Å²) in [6, 6.07) is 0. The van der Waals surface area contributed by atoms with Gasteiger partial charge in [-0.1, -0.05) is 25.7 Å². The molecule has 1 nitrogen and oxygen atoms in total. The summed E-state index contributed by atoms with van der Waals surface area (Å²) in [5.74, 6) is -3.32. The van der Waals surface area contributed by atoms with Gasteiger partial charge in [-0.05, 0) is 17.5 Å². The van der Waals surface area contributed by atoms with E-state index in [9.17, 15) is 13.6 Å². The van der Waals surface area contributed by atoms with Crippen LogP contribution in [0.5, 0.6) is 0 Å². The summed E-state index contributed by atoms with van der Waals surface area (Å²) in [6.07, 6.45) is 3.24. The van der Waals surface area contributed by atoms with Crippen molar-refractivity contribution in [2.45, 2.75) is 38.0 Å². The van der Waals surface area contributed by atoms with E-state index in [1.165, 1.54) is 0 Å². The molecular formula is C8H11ClF2O. The van der Waals surface area contributed by atoms with Gasteiger partial charge in [0.1, 0.15) is 0 Å². The first-order valence-electron chi connectivity index (χ1n) is 4.10. The van der Waals surface area contributed by atoms with Crippen LogP contribution in [0.25, 0.3) is 0 Å². The summed E-state index contributed by atoms with van der Waals surface area (Å²) in [7, 11) is 0. The van der Waals surface area contributed by atoms with Gasteiger partial charge in [-0.15, -0.1) is 0 Å². The highest BCUT2D eigenvalue weighted by Crippen LogP contribution is 2.35. The van der Waals surface area contributed by atoms with Crippen molar-refractivity contribution in [2.24, 2.45) is 5.92 Å². The van der Waals surface area contributed by atoms with E-state index < -0.39 is 11.2 Å². The van der Waals surface area contributed by atoms with Crippen molar-refractivity contribution < 1.29 is 13.6 Å². The highest BCUT2D eigenvalue weighted by Gasteiger charge is 2.40. The monoisotopic (exact) mass is 196 g/mol. The lowest BCUT2D eigenvalue weighted by molar-refractivity contribution is -0.136. The van der Waals surface area contributed by atoms with Gasteiger partial charge in [0, 0.05) is 6.42 Å². The molecule has 0 aliphatic heterocycles. The largest absolute Gasteiger partial charge is 0.320 e. The summed E-state index contributed by atoms with van der Waals surface area (Å²) in [5.41, 5.74) is 0. The van der Waals surface area contributed by atoms with Crippen molar-refractivity contribution in [1.82, 2.24) is 0 Å². The molecule has 0 aromatic carbocycles. The Labute approximate surface area is 75.1 Å². The van der Waals surface area contributed by atoms with Gasteiger partial charge in [0.05, 0.1) is 0 Å². The zero-order valence-corrected chi connectivity index (χ0v) is 7.41. The third-order valence-electron chi connectivity index (χ3n) is 2.31. The topological polar surface area (TPSA) is 17.1 Å². The maximum atomic E-state index is 12.7. The number of carbonyl (C=O) groups excluding carboxylic acids is 1. The molecule has 12 heavy (non-hydrogen) atoms. The fourth-order valence-corrected chi connectivity index (χ4v) is 1.73. The van der Waals surface area contributed by atoms with Crippen molar-refractivity contribution in [1.29, 1.82) is 0 Å². The standard InChI is InChI=1S/C8H11ClF2O/c9-7(12)8(10,11)5-6-3-1-2-4-6/h6H,1-5H2. The molecule has 0 radical (unpaired) electrons. The minimum absolute atomic E-state index is 0.0114. The summed E-state index contributed by atoms with van der Waals surface area (Å²) >= 11 is 4.76. The molecule has 4 heteroatoms. The lowest BCUT2D eigenvalue weighted by Crippen LogP contribution is -2.26. The maximum Gasteiger partial charge on any atom is 0.320 e. The predicted molar refractivity (Wildman–Crippen MR) is 42.4 cm³/mol. The second-order valence-electron chi connectivity index (χ2n) is 3.33. The van der Waals surface area contributed by atoms with Gasteiger partial charge in [-0.25, -0.2) is 0 Å². The Kier molecular flexibility index (Phi) is 3.04. The lowest BCUT2D eigenvalue weighted by Gasteiger charge is -2.15. The molecule has 1 aliphatic rings. The molecule has 0 aromatic rings. The van der Waals surface area contributed by atoms with Crippen molar-refractivity contribution in [3.8, 4) is 0 Å². The molecule has 1 aliphatic carbocycles. The van der Waals surface area contributed by atoms with Crippen molar-refractivity contribution in [3.05, 3.63) is 0 Å². The summed E-state index contributed by atoms with van der Waals surface area (Å²) in [4.78, 5) is 10.3. The molecule has 0 unspecified atom stereocenters. The number of hydrogen-bond donors (Lipinski definition) is 0. The van der Waals surface area contributed by atoms with Gasteiger partial charge >= 0.3 is 5.92 Å². The predicted octanol–water partition coefficient (Wildman–Crippen LogP) is 2.97. The van der Waals surface area contributed by atoms with E-state index in [0.29, 0.717) is 0 Å². The molecule has 0 aromatic heterocycles. The van der Waals surface area contributed by atoms with E-state index in [2.05, 4.69) is 0 Å². The van der Waals surface area contributed by atoms with Crippen molar-refractivity contribution in [3.63, 3.8) is 0 Å². The van der Waals surface area contributed by atoms with Crippen molar-refractivity contribution >= 4 is 16.8 Å². The van der Waals surface area contributed by atoms with Gasteiger partial charge in [0.2, 0.25) is 0 Å². The molecular weight excluding hydrogens is 186 g/mol. The lowest BCUT2D eigenvalue weighted by atomic mass is 10.0. The maximum absolute atomic E-state index is 12.7. The van der Waals surface area contributed by atoms with Crippen LogP contribution in [0.2, 0.25) is 0 Å². The Hall–Kier alpha value is -0.180. The third kappa shape index (κ3) is 2.41. The van der Waals surface area contributed by atoms with Gasteiger partial charge in [-0.3, -0.25) is 4.79 Å². The van der Waals surface area contributed by atoms with Gasteiger partial charge < -0.3 is 0 Å². The minimum Gasteiger partial charge on any atom is -0.274 e. The molecule has 0 atom stereocenters. The molecule has 1 saturated carbocycles. The second kappa shape index (κ2) is 3.69. The van der Waals surface area contributed by atoms with Gasteiger partial charge in [-0.2, -0.15) is 8.78 Å².